The van der Waals surface area contributed by atoms with E-state index in [1.165, 1.54) is 18.2 Å². The highest BCUT2D eigenvalue weighted by Gasteiger charge is 2.21. The van der Waals surface area contributed by atoms with Crippen LogP contribution in [0.5, 0.6) is 11.5 Å². The number of benzene rings is 3. The van der Waals surface area contributed by atoms with Crippen LogP contribution in [-0.4, -0.2) is 39.6 Å². The molecule has 0 fully saturated rings. The summed E-state index contributed by atoms with van der Waals surface area (Å²) in [5.74, 6) is -0.201. The van der Waals surface area contributed by atoms with Crippen molar-refractivity contribution in [2.75, 3.05) is 12.8 Å². The van der Waals surface area contributed by atoms with E-state index in [4.69, 9.17) is 0 Å². The van der Waals surface area contributed by atoms with Crippen LogP contribution in [0.25, 0.3) is 0 Å². The largest absolute Gasteiger partial charge is 0.508 e. The molecule has 186 valence electrons. The summed E-state index contributed by atoms with van der Waals surface area (Å²) >= 11 is 1.67. The number of carbonyl (C=O) groups excluding carboxylic acids is 1. The van der Waals surface area contributed by atoms with Gasteiger partial charge in [-0.15, -0.1) is 11.8 Å². The standard InChI is InChI=1S/C28H34N2O4S/c1-28(2,30-18-25(33)22-13-23(31)15-24(32)14-22)16-20-8-6-7-19(11-20)12-27(34)29-17-21-9-4-5-10-26(21)35-3/h4-11,13-15,25,30-33H,12,16-18H2,1-3H3,(H,29,34). The van der Waals surface area contributed by atoms with Crippen LogP contribution in [0.15, 0.2) is 71.6 Å². The maximum absolute atomic E-state index is 12.5. The molecule has 35 heavy (non-hydrogen) atoms. The quantitative estimate of drug-likeness (QED) is 0.255. The van der Waals surface area contributed by atoms with Crippen molar-refractivity contribution in [2.45, 2.75) is 49.8 Å². The van der Waals surface area contributed by atoms with Gasteiger partial charge in [0.25, 0.3) is 0 Å². The zero-order valence-corrected chi connectivity index (χ0v) is 21.2. The molecule has 1 unspecified atom stereocenters. The molecule has 0 aliphatic heterocycles. The Balaban J connectivity index is 1.54. The van der Waals surface area contributed by atoms with Gasteiger partial charge in [0.15, 0.2) is 0 Å². The third kappa shape index (κ3) is 8.31. The van der Waals surface area contributed by atoms with Crippen LogP contribution < -0.4 is 10.6 Å². The summed E-state index contributed by atoms with van der Waals surface area (Å²) in [4.78, 5) is 13.7. The van der Waals surface area contributed by atoms with E-state index in [0.29, 0.717) is 24.9 Å². The number of phenolic OH excluding ortho intramolecular Hbond substituents is 2. The van der Waals surface area contributed by atoms with E-state index in [1.54, 1.807) is 11.8 Å². The molecule has 3 rings (SSSR count). The number of β-amino-alcohol motifs (C(OH)–C–C–N with tert-alkyl or cyclic N) is 1. The van der Waals surface area contributed by atoms with Crippen molar-refractivity contribution in [3.8, 4) is 11.5 Å². The molecule has 0 spiro atoms. The molecule has 6 nitrogen and oxygen atoms in total. The van der Waals surface area contributed by atoms with Crippen molar-refractivity contribution in [3.63, 3.8) is 0 Å². The van der Waals surface area contributed by atoms with Gasteiger partial charge in [0.1, 0.15) is 11.5 Å². The number of amides is 1. The number of nitrogens with one attached hydrogen (secondary N) is 2. The zero-order chi connectivity index (χ0) is 25.4. The lowest BCUT2D eigenvalue weighted by Crippen LogP contribution is -2.43. The maximum Gasteiger partial charge on any atom is 0.224 e. The van der Waals surface area contributed by atoms with E-state index < -0.39 is 6.10 Å². The first-order valence-electron chi connectivity index (χ1n) is 11.6. The monoisotopic (exact) mass is 494 g/mol. The summed E-state index contributed by atoms with van der Waals surface area (Å²) in [5, 5.41) is 36.2. The first-order valence-corrected chi connectivity index (χ1v) is 12.8. The van der Waals surface area contributed by atoms with E-state index in [0.717, 1.165) is 21.6 Å². The van der Waals surface area contributed by atoms with Crippen LogP contribution in [0.2, 0.25) is 0 Å². The van der Waals surface area contributed by atoms with E-state index >= 15 is 0 Å². The van der Waals surface area contributed by atoms with Crippen LogP contribution in [-0.2, 0) is 24.2 Å². The van der Waals surface area contributed by atoms with Gasteiger partial charge < -0.3 is 26.0 Å². The summed E-state index contributed by atoms with van der Waals surface area (Å²) < 4.78 is 0. The van der Waals surface area contributed by atoms with Crippen LogP contribution in [0, 0.1) is 0 Å². The average Bonchev–Trinajstić information content (AvgIpc) is 2.80. The summed E-state index contributed by atoms with van der Waals surface area (Å²) in [7, 11) is 0. The van der Waals surface area contributed by atoms with E-state index in [1.807, 2.05) is 62.6 Å². The minimum Gasteiger partial charge on any atom is -0.508 e. The molecule has 0 aliphatic carbocycles. The molecular weight excluding hydrogens is 460 g/mol. The highest BCUT2D eigenvalue weighted by atomic mass is 32.2. The number of aliphatic hydroxyl groups is 1. The number of aliphatic hydroxyl groups excluding tert-OH is 1. The number of carbonyl (C=O) groups is 1. The molecule has 0 saturated heterocycles. The van der Waals surface area contributed by atoms with Gasteiger partial charge >= 0.3 is 0 Å². The molecule has 0 bridgehead atoms. The van der Waals surface area contributed by atoms with E-state index in [2.05, 4.69) is 16.7 Å². The lowest BCUT2D eigenvalue weighted by Gasteiger charge is -2.28. The third-order valence-electron chi connectivity index (χ3n) is 5.75. The molecule has 1 atom stereocenters. The number of thioether (sulfide) groups is 1. The molecule has 0 heterocycles. The Morgan fingerprint density at radius 3 is 2.37 bits per heavy atom. The molecule has 7 heteroatoms. The number of hydrogen-bond acceptors (Lipinski definition) is 6. The Morgan fingerprint density at radius 1 is 0.971 bits per heavy atom. The Kier molecular flexibility index (Phi) is 9.20. The second-order valence-corrected chi connectivity index (χ2v) is 10.2. The van der Waals surface area contributed by atoms with Crippen molar-refractivity contribution < 1.29 is 20.1 Å². The second kappa shape index (κ2) is 12.1. The van der Waals surface area contributed by atoms with Crippen molar-refractivity contribution in [3.05, 3.63) is 89.0 Å². The summed E-state index contributed by atoms with van der Waals surface area (Å²) in [6.07, 6.45) is 2.16. The normalized spacial score (nSPS) is 12.3. The second-order valence-electron chi connectivity index (χ2n) is 9.33. The Hall–Kier alpha value is -3.00. The predicted molar refractivity (Wildman–Crippen MR) is 141 cm³/mol. The molecular formula is C28H34N2O4S. The van der Waals surface area contributed by atoms with Gasteiger partial charge in [-0.2, -0.15) is 0 Å². The molecule has 1 amide bonds. The maximum atomic E-state index is 12.5. The van der Waals surface area contributed by atoms with Crippen LogP contribution in [0.1, 0.15) is 42.2 Å². The lowest BCUT2D eigenvalue weighted by atomic mass is 9.93. The molecule has 3 aromatic carbocycles. The van der Waals surface area contributed by atoms with Gasteiger partial charge in [-0.05, 0) is 67.0 Å². The van der Waals surface area contributed by atoms with Gasteiger partial charge in [-0.1, -0.05) is 42.5 Å². The minimum atomic E-state index is -0.876. The van der Waals surface area contributed by atoms with Crippen molar-refractivity contribution >= 4 is 17.7 Å². The number of hydrogen-bond donors (Lipinski definition) is 5. The topological polar surface area (TPSA) is 102 Å². The lowest BCUT2D eigenvalue weighted by molar-refractivity contribution is -0.120. The SMILES string of the molecule is CSc1ccccc1CNC(=O)Cc1cccc(CC(C)(C)NCC(O)c2cc(O)cc(O)c2)c1. The summed E-state index contributed by atoms with van der Waals surface area (Å²) in [6, 6.07) is 20.2. The fourth-order valence-corrected chi connectivity index (χ4v) is 4.63. The fraction of sp³-hybridized carbons (Fsp3) is 0.321. The Bertz CT molecular complexity index is 1130. The van der Waals surface area contributed by atoms with Gasteiger partial charge in [-0.25, -0.2) is 0 Å². The summed E-state index contributed by atoms with van der Waals surface area (Å²) in [6.45, 7) is 4.85. The first-order chi connectivity index (χ1) is 16.6. The third-order valence-corrected chi connectivity index (χ3v) is 6.59. The molecule has 3 aromatic rings. The van der Waals surface area contributed by atoms with Crippen LogP contribution >= 0.6 is 11.8 Å². The van der Waals surface area contributed by atoms with E-state index in [9.17, 15) is 20.1 Å². The van der Waals surface area contributed by atoms with Crippen molar-refractivity contribution in [1.82, 2.24) is 10.6 Å². The molecule has 5 N–H and O–H groups in total. The van der Waals surface area contributed by atoms with Crippen LogP contribution in [0.3, 0.4) is 0 Å². The zero-order valence-electron chi connectivity index (χ0n) is 20.4. The Labute approximate surface area is 211 Å². The summed E-state index contributed by atoms with van der Waals surface area (Å²) in [5.41, 5.74) is 3.26. The van der Waals surface area contributed by atoms with Crippen molar-refractivity contribution in [1.29, 1.82) is 0 Å². The van der Waals surface area contributed by atoms with E-state index in [-0.39, 0.29) is 29.5 Å². The molecule has 0 aliphatic rings. The number of rotatable bonds is 11. The highest BCUT2D eigenvalue weighted by molar-refractivity contribution is 7.98. The van der Waals surface area contributed by atoms with Crippen molar-refractivity contribution in [2.24, 2.45) is 0 Å². The minimum absolute atomic E-state index is 0.0204. The average molecular weight is 495 g/mol. The smallest absolute Gasteiger partial charge is 0.224 e. The predicted octanol–water partition coefficient (Wildman–Crippen LogP) is 4.32. The van der Waals surface area contributed by atoms with Gasteiger partial charge in [0, 0.05) is 29.6 Å². The fourth-order valence-electron chi connectivity index (χ4n) is 4.01. The highest BCUT2D eigenvalue weighted by Crippen LogP contribution is 2.25. The molecule has 0 saturated carbocycles. The number of phenols is 2. The van der Waals surface area contributed by atoms with Gasteiger partial charge in [0.2, 0.25) is 5.91 Å². The Morgan fingerprint density at radius 2 is 1.66 bits per heavy atom. The molecule has 0 aromatic heterocycles. The van der Waals surface area contributed by atoms with Gasteiger partial charge in [0.05, 0.1) is 12.5 Å². The van der Waals surface area contributed by atoms with Crippen LogP contribution in [0.4, 0.5) is 0 Å². The first kappa shape index (κ1) is 26.6. The molecule has 0 radical (unpaired) electrons. The van der Waals surface area contributed by atoms with Gasteiger partial charge in [-0.3, -0.25) is 4.79 Å². The number of aromatic hydroxyl groups is 2.